The zero-order chi connectivity index (χ0) is 18.1. The number of nitrogens with one attached hydrogen (secondary N) is 2. The molecule has 2 rings (SSSR count). The lowest BCUT2D eigenvalue weighted by Gasteiger charge is -2.14. The van der Waals surface area contributed by atoms with Gasteiger partial charge in [0.05, 0.1) is 6.61 Å². The molecule has 25 heavy (non-hydrogen) atoms. The third kappa shape index (κ3) is 5.45. The van der Waals surface area contributed by atoms with Gasteiger partial charge in [0.15, 0.2) is 5.96 Å². The van der Waals surface area contributed by atoms with E-state index in [9.17, 15) is 8.78 Å². The number of hydrogen-bond acceptors (Lipinski definition) is 2. The predicted molar refractivity (Wildman–Crippen MR) is 95.9 cm³/mol. The summed E-state index contributed by atoms with van der Waals surface area (Å²) in [7, 11) is 1.65. The average Bonchev–Trinajstić information content (AvgIpc) is 2.61. The molecule has 0 bridgehead atoms. The van der Waals surface area contributed by atoms with Crippen LogP contribution in [0.4, 0.5) is 8.78 Å². The fraction of sp³-hybridized carbons (Fsp3) is 0.316. The molecule has 0 unspecified atom stereocenters. The molecule has 0 saturated carbocycles. The second kappa shape index (κ2) is 9.61. The lowest BCUT2D eigenvalue weighted by Crippen LogP contribution is -2.38. The van der Waals surface area contributed by atoms with Crippen LogP contribution >= 0.6 is 0 Å². The van der Waals surface area contributed by atoms with Crippen molar-refractivity contribution in [1.82, 2.24) is 10.6 Å². The molecule has 134 valence electrons. The molecule has 4 nitrogen and oxygen atoms in total. The Balaban J connectivity index is 1.87. The molecule has 0 saturated heterocycles. The lowest BCUT2D eigenvalue weighted by molar-refractivity contribution is 0.336. The summed E-state index contributed by atoms with van der Waals surface area (Å²) in [5.74, 6) is 0.315. The Labute approximate surface area is 146 Å². The van der Waals surface area contributed by atoms with Crippen LogP contribution in [0, 0.1) is 11.6 Å². The van der Waals surface area contributed by atoms with Crippen LogP contribution in [-0.4, -0.2) is 26.2 Å². The molecule has 2 N–H and O–H groups in total. The normalized spacial score (nSPS) is 11.3. The van der Waals surface area contributed by atoms with E-state index in [-0.39, 0.29) is 12.0 Å². The van der Waals surface area contributed by atoms with E-state index in [1.165, 1.54) is 18.2 Å². The van der Waals surface area contributed by atoms with Gasteiger partial charge in [-0.15, -0.1) is 0 Å². The first-order chi connectivity index (χ1) is 12.2. The molecule has 0 aliphatic heterocycles. The fourth-order valence-electron chi connectivity index (χ4n) is 2.42. The third-order valence-electron chi connectivity index (χ3n) is 3.67. The van der Waals surface area contributed by atoms with Crippen molar-refractivity contribution in [3.05, 3.63) is 65.2 Å². The van der Waals surface area contributed by atoms with E-state index >= 15 is 0 Å². The summed E-state index contributed by atoms with van der Waals surface area (Å²) in [5, 5.41) is 6.23. The number of rotatable bonds is 7. The third-order valence-corrected chi connectivity index (χ3v) is 3.67. The Bertz CT molecular complexity index is 699. The first-order valence-electron chi connectivity index (χ1n) is 8.23. The molecular formula is C19H23F2N3O. The highest BCUT2D eigenvalue weighted by molar-refractivity contribution is 5.79. The molecule has 0 radical (unpaired) electrons. The molecular weight excluding hydrogens is 324 g/mol. The van der Waals surface area contributed by atoms with Crippen LogP contribution in [0.2, 0.25) is 0 Å². The monoisotopic (exact) mass is 347 g/mol. The number of aliphatic imine (C=N–C) groups is 1. The zero-order valence-corrected chi connectivity index (χ0v) is 14.5. The molecule has 0 aliphatic carbocycles. The Hall–Kier alpha value is -2.63. The molecule has 0 spiro atoms. The molecule has 0 heterocycles. The summed E-state index contributed by atoms with van der Waals surface area (Å²) < 4.78 is 32.8. The Kier molecular flexibility index (Phi) is 7.19. The maximum atomic E-state index is 13.6. The smallest absolute Gasteiger partial charge is 0.191 e. The van der Waals surface area contributed by atoms with E-state index in [4.69, 9.17) is 4.74 Å². The van der Waals surface area contributed by atoms with Gasteiger partial charge < -0.3 is 15.4 Å². The van der Waals surface area contributed by atoms with Crippen LogP contribution in [0.3, 0.4) is 0 Å². The van der Waals surface area contributed by atoms with Gasteiger partial charge >= 0.3 is 0 Å². The highest BCUT2D eigenvalue weighted by Crippen LogP contribution is 2.17. The van der Waals surface area contributed by atoms with Gasteiger partial charge in [0.1, 0.15) is 17.4 Å². The Morgan fingerprint density at radius 3 is 2.44 bits per heavy atom. The molecule has 0 fully saturated rings. The Morgan fingerprint density at radius 2 is 1.76 bits per heavy atom. The molecule has 2 aromatic rings. The number of ether oxygens (including phenoxy) is 1. The summed E-state index contributed by atoms with van der Waals surface area (Å²) in [5.41, 5.74) is 1.08. The van der Waals surface area contributed by atoms with Crippen molar-refractivity contribution < 1.29 is 13.5 Å². The quantitative estimate of drug-likeness (QED) is 0.597. The van der Waals surface area contributed by atoms with E-state index in [0.29, 0.717) is 25.7 Å². The van der Waals surface area contributed by atoms with Gasteiger partial charge in [0, 0.05) is 31.3 Å². The van der Waals surface area contributed by atoms with Crippen LogP contribution in [-0.2, 0) is 13.0 Å². The van der Waals surface area contributed by atoms with Gasteiger partial charge in [-0.05, 0) is 31.5 Å². The number of nitrogens with zero attached hydrogens (tertiary/aromatic N) is 1. The minimum Gasteiger partial charge on any atom is -0.494 e. The maximum Gasteiger partial charge on any atom is 0.191 e. The number of benzene rings is 2. The first-order valence-corrected chi connectivity index (χ1v) is 8.23. The highest BCUT2D eigenvalue weighted by atomic mass is 19.1. The van der Waals surface area contributed by atoms with Crippen molar-refractivity contribution >= 4 is 5.96 Å². The minimum atomic E-state index is -0.532. The van der Waals surface area contributed by atoms with Crippen LogP contribution in [0.1, 0.15) is 18.1 Å². The Morgan fingerprint density at radius 1 is 1.04 bits per heavy atom. The minimum absolute atomic E-state index is 0.0761. The molecule has 0 amide bonds. The van der Waals surface area contributed by atoms with Gasteiger partial charge in [-0.3, -0.25) is 4.99 Å². The van der Waals surface area contributed by atoms with E-state index in [1.54, 1.807) is 7.05 Å². The largest absolute Gasteiger partial charge is 0.494 e. The number of guanidine groups is 1. The van der Waals surface area contributed by atoms with E-state index in [2.05, 4.69) is 15.6 Å². The van der Waals surface area contributed by atoms with E-state index in [1.807, 2.05) is 31.2 Å². The number of halogens is 2. The van der Waals surface area contributed by atoms with Crippen molar-refractivity contribution in [1.29, 1.82) is 0 Å². The van der Waals surface area contributed by atoms with Crippen molar-refractivity contribution in [3.63, 3.8) is 0 Å². The average molecular weight is 347 g/mol. The van der Waals surface area contributed by atoms with Crippen LogP contribution in [0.5, 0.6) is 5.75 Å². The van der Waals surface area contributed by atoms with E-state index in [0.717, 1.165) is 11.3 Å². The predicted octanol–water partition coefficient (Wildman–Crippen LogP) is 3.27. The van der Waals surface area contributed by atoms with Crippen LogP contribution in [0.25, 0.3) is 0 Å². The summed E-state index contributed by atoms with van der Waals surface area (Å²) in [4.78, 5) is 4.12. The summed E-state index contributed by atoms with van der Waals surface area (Å²) in [6, 6.07) is 11.6. The number of hydrogen-bond donors (Lipinski definition) is 2. The summed E-state index contributed by atoms with van der Waals surface area (Å²) in [6.07, 6.45) is 0.231. The summed E-state index contributed by atoms with van der Waals surface area (Å²) >= 11 is 0. The van der Waals surface area contributed by atoms with Gasteiger partial charge in [0.25, 0.3) is 0 Å². The van der Waals surface area contributed by atoms with Gasteiger partial charge in [-0.25, -0.2) is 8.78 Å². The highest BCUT2D eigenvalue weighted by Gasteiger charge is 2.08. The SMILES string of the molecule is CCOc1ccccc1CNC(=NC)NCCc1c(F)cccc1F. The van der Waals surface area contributed by atoms with Crippen molar-refractivity contribution in [3.8, 4) is 5.75 Å². The molecule has 2 aromatic carbocycles. The lowest BCUT2D eigenvalue weighted by atomic mass is 10.1. The van der Waals surface area contributed by atoms with Crippen molar-refractivity contribution in [2.24, 2.45) is 4.99 Å². The maximum absolute atomic E-state index is 13.6. The molecule has 0 atom stereocenters. The zero-order valence-electron chi connectivity index (χ0n) is 14.5. The molecule has 6 heteroatoms. The standard InChI is InChI=1S/C19H23F2N3O/c1-3-25-18-10-5-4-7-14(18)13-24-19(22-2)23-12-11-15-16(20)8-6-9-17(15)21/h4-10H,3,11-13H2,1-2H3,(H2,22,23,24). The second-order valence-electron chi connectivity index (χ2n) is 5.34. The molecule has 0 aromatic heterocycles. The summed E-state index contributed by atoms with van der Waals surface area (Å²) in [6.45, 7) is 3.43. The number of para-hydroxylation sites is 1. The van der Waals surface area contributed by atoms with Crippen LogP contribution in [0.15, 0.2) is 47.5 Å². The molecule has 0 aliphatic rings. The second-order valence-corrected chi connectivity index (χ2v) is 5.34. The topological polar surface area (TPSA) is 45.6 Å². The van der Waals surface area contributed by atoms with E-state index < -0.39 is 11.6 Å². The fourth-order valence-corrected chi connectivity index (χ4v) is 2.42. The van der Waals surface area contributed by atoms with Gasteiger partial charge in [-0.1, -0.05) is 24.3 Å². The first kappa shape index (κ1) is 18.7. The van der Waals surface area contributed by atoms with Crippen LogP contribution < -0.4 is 15.4 Å². The van der Waals surface area contributed by atoms with Crippen molar-refractivity contribution in [2.75, 3.05) is 20.2 Å². The van der Waals surface area contributed by atoms with Gasteiger partial charge in [0.2, 0.25) is 0 Å². The van der Waals surface area contributed by atoms with Crippen molar-refractivity contribution in [2.45, 2.75) is 19.9 Å². The van der Waals surface area contributed by atoms with Gasteiger partial charge in [-0.2, -0.15) is 0 Å².